The van der Waals surface area contributed by atoms with Gasteiger partial charge in [-0.2, -0.15) is 0 Å². The Morgan fingerprint density at radius 3 is 2.47 bits per heavy atom. The number of rotatable bonds is 4. The largest absolute Gasteiger partial charge is 0.339 e. The van der Waals surface area contributed by atoms with Crippen molar-refractivity contribution < 1.29 is 4.79 Å². The lowest BCUT2D eigenvalue weighted by Crippen LogP contribution is -2.30. The first-order valence-corrected chi connectivity index (χ1v) is 7.11. The fourth-order valence-electron chi connectivity index (χ4n) is 1.42. The molecule has 0 fully saturated rings. The third-order valence-corrected chi connectivity index (χ3v) is 4.63. The Balaban J connectivity index is 2.94. The first-order chi connectivity index (χ1) is 7.13. The van der Waals surface area contributed by atoms with Crippen molar-refractivity contribution in [2.75, 3.05) is 19.3 Å². The molecule has 15 heavy (non-hydrogen) atoms. The van der Waals surface area contributed by atoms with Gasteiger partial charge in [0.05, 0.1) is 9.09 Å². The number of amides is 1. The SMILES string of the molecule is CCN(CC)C(=O)c1sc(SC)cc1C. The zero-order valence-corrected chi connectivity index (χ0v) is 11.3. The number of thiophene rings is 1. The van der Waals surface area contributed by atoms with Gasteiger partial charge >= 0.3 is 0 Å². The molecule has 1 amide bonds. The van der Waals surface area contributed by atoms with Gasteiger partial charge in [0.2, 0.25) is 0 Å². The van der Waals surface area contributed by atoms with Gasteiger partial charge in [-0.25, -0.2) is 0 Å². The predicted molar refractivity (Wildman–Crippen MR) is 68.1 cm³/mol. The minimum absolute atomic E-state index is 0.169. The number of carbonyl (C=O) groups excluding carboxylic acids is 1. The molecular weight excluding hydrogens is 226 g/mol. The molecule has 1 rings (SSSR count). The summed E-state index contributed by atoms with van der Waals surface area (Å²) in [7, 11) is 0. The number of carbonyl (C=O) groups is 1. The van der Waals surface area contributed by atoms with E-state index in [9.17, 15) is 4.79 Å². The number of aryl methyl sites for hydroxylation is 1. The van der Waals surface area contributed by atoms with Crippen molar-refractivity contribution in [3.63, 3.8) is 0 Å². The Hall–Kier alpha value is -0.480. The topological polar surface area (TPSA) is 20.3 Å². The molecular formula is C11H17NOS2. The molecule has 0 radical (unpaired) electrons. The Morgan fingerprint density at radius 2 is 2.07 bits per heavy atom. The highest BCUT2D eigenvalue weighted by molar-refractivity contribution is 8.00. The number of hydrogen-bond donors (Lipinski definition) is 0. The van der Waals surface area contributed by atoms with Gasteiger partial charge in [-0.05, 0) is 38.7 Å². The van der Waals surface area contributed by atoms with Gasteiger partial charge in [0.15, 0.2) is 0 Å². The van der Waals surface area contributed by atoms with Crippen molar-refractivity contribution in [2.45, 2.75) is 25.0 Å². The van der Waals surface area contributed by atoms with Crippen LogP contribution in [0, 0.1) is 6.92 Å². The third-order valence-electron chi connectivity index (χ3n) is 2.34. The van der Waals surface area contributed by atoms with Crippen LogP contribution in [0.25, 0.3) is 0 Å². The van der Waals surface area contributed by atoms with Crippen LogP contribution in [0.4, 0.5) is 0 Å². The molecule has 0 saturated carbocycles. The van der Waals surface area contributed by atoms with Crippen LogP contribution in [0.5, 0.6) is 0 Å². The molecule has 1 heterocycles. The first kappa shape index (κ1) is 12.6. The molecule has 0 aliphatic rings. The average molecular weight is 243 g/mol. The van der Waals surface area contributed by atoms with Crippen molar-refractivity contribution in [1.82, 2.24) is 4.90 Å². The maximum absolute atomic E-state index is 12.1. The van der Waals surface area contributed by atoms with E-state index in [0.717, 1.165) is 23.5 Å². The number of hydrogen-bond acceptors (Lipinski definition) is 3. The van der Waals surface area contributed by atoms with Crippen LogP contribution < -0.4 is 0 Å². The fraction of sp³-hybridized carbons (Fsp3) is 0.545. The fourth-order valence-corrected chi connectivity index (χ4v) is 3.17. The molecule has 84 valence electrons. The summed E-state index contributed by atoms with van der Waals surface area (Å²) in [5.74, 6) is 0.169. The van der Waals surface area contributed by atoms with Crippen LogP contribution in [-0.2, 0) is 0 Å². The summed E-state index contributed by atoms with van der Waals surface area (Å²) in [6.45, 7) is 7.59. The van der Waals surface area contributed by atoms with Crippen LogP contribution in [0.2, 0.25) is 0 Å². The van der Waals surface area contributed by atoms with E-state index < -0.39 is 0 Å². The molecule has 1 aromatic heterocycles. The zero-order chi connectivity index (χ0) is 11.4. The second-order valence-corrected chi connectivity index (χ2v) is 5.42. The summed E-state index contributed by atoms with van der Waals surface area (Å²) < 4.78 is 1.21. The quantitative estimate of drug-likeness (QED) is 0.757. The van der Waals surface area contributed by atoms with Crippen molar-refractivity contribution in [2.24, 2.45) is 0 Å². The summed E-state index contributed by atoms with van der Waals surface area (Å²) in [5, 5.41) is 0. The summed E-state index contributed by atoms with van der Waals surface area (Å²) in [4.78, 5) is 14.8. The maximum Gasteiger partial charge on any atom is 0.264 e. The smallest absolute Gasteiger partial charge is 0.264 e. The molecule has 0 aliphatic carbocycles. The summed E-state index contributed by atoms with van der Waals surface area (Å²) >= 11 is 3.29. The molecule has 0 bridgehead atoms. The van der Waals surface area contributed by atoms with Crippen LogP contribution in [0.15, 0.2) is 10.3 Å². The van der Waals surface area contributed by atoms with Crippen molar-refractivity contribution in [3.05, 3.63) is 16.5 Å². The van der Waals surface area contributed by atoms with E-state index in [1.165, 1.54) is 4.21 Å². The van der Waals surface area contributed by atoms with E-state index >= 15 is 0 Å². The van der Waals surface area contributed by atoms with E-state index in [-0.39, 0.29) is 5.91 Å². The highest BCUT2D eigenvalue weighted by Gasteiger charge is 2.17. The van der Waals surface area contributed by atoms with Gasteiger partial charge in [0.25, 0.3) is 5.91 Å². The zero-order valence-electron chi connectivity index (χ0n) is 9.66. The molecule has 0 aromatic carbocycles. The molecule has 1 aromatic rings. The second-order valence-electron chi connectivity index (χ2n) is 3.26. The lowest BCUT2D eigenvalue weighted by Gasteiger charge is -2.17. The van der Waals surface area contributed by atoms with Crippen LogP contribution in [0.1, 0.15) is 29.1 Å². The highest BCUT2D eigenvalue weighted by Crippen LogP contribution is 2.29. The standard InChI is InChI=1S/C11H17NOS2/c1-5-12(6-2)11(13)10-8(3)7-9(14-4)15-10/h7H,5-6H2,1-4H3. The molecule has 0 spiro atoms. The predicted octanol–water partition coefficient (Wildman–Crippen LogP) is 3.26. The molecule has 0 aliphatic heterocycles. The van der Waals surface area contributed by atoms with Crippen molar-refractivity contribution >= 4 is 29.0 Å². The highest BCUT2D eigenvalue weighted by atomic mass is 32.2. The molecule has 0 atom stereocenters. The van der Waals surface area contributed by atoms with Crippen molar-refractivity contribution in [1.29, 1.82) is 0 Å². The van der Waals surface area contributed by atoms with E-state index in [2.05, 4.69) is 6.07 Å². The molecule has 2 nitrogen and oxygen atoms in total. The Bertz CT molecular complexity index is 342. The van der Waals surface area contributed by atoms with Crippen LogP contribution in [-0.4, -0.2) is 30.2 Å². The van der Waals surface area contributed by atoms with Gasteiger partial charge < -0.3 is 4.90 Å². The monoisotopic (exact) mass is 243 g/mol. The van der Waals surface area contributed by atoms with Gasteiger partial charge in [0, 0.05) is 13.1 Å². The van der Waals surface area contributed by atoms with Gasteiger partial charge in [0.1, 0.15) is 0 Å². The number of nitrogens with zero attached hydrogens (tertiary/aromatic N) is 1. The summed E-state index contributed by atoms with van der Waals surface area (Å²) in [6.07, 6.45) is 2.04. The number of thioether (sulfide) groups is 1. The third kappa shape index (κ3) is 2.75. The average Bonchev–Trinajstić information content (AvgIpc) is 2.61. The van der Waals surface area contributed by atoms with Gasteiger partial charge in [-0.1, -0.05) is 0 Å². The molecule has 4 heteroatoms. The van der Waals surface area contributed by atoms with E-state index in [1.54, 1.807) is 23.1 Å². The summed E-state index contributed by atoms with van der Waals surface area (Å²) in [6, 6.07) is 2.09. The van der Waals surface area contributed by atoms with Gasteiger partial charge in [-0.15, -0.1) is 23.1 Å². The molecule has 0 N–H and O–H groups in total. The molecule has 0 unspecified atom stereocenters. The Labute approximate surface area is 99.7 Å². The Morgan fingerprint density at radius 1 is 1.47 bits per heavy atom. The van der Waals surface area contributed by atoms with Gasteiger partial charge in [-0.3, -0.25) is 4.79 Å². The van der Waals surface area contributed by atoms with Crippen LogP contribution >= 0.6 is 23.1 Å². The van der Waals surface area contributed by atoms with E-state index in [1.807, 2.05) is 31.9 Å². The minimum atomic E-state index is 0.169. The minimum Gasteiger partial charge on any atom is -0.339 e. The van der Waals surface area contributed by atoms with Crippen LogP contribution in [0.3, 0.4) is 0 Å². The normalized spacial score (nSPS) is 10.4. The lowest BCUT2D eigenvalue weighted by molar-refractivity contribution is 0.0777. The molecule has 0 saturated heterocycles. The van der Waals surface area contributed by atoms with Crippen molar-refractivity contribution in [3.8, 4) is 0 Å². The lowest BCUT2D eigenvalue weighted by atomic mass is 10.2. The second kappa shape index (κ2) is 5.56. The Kier molecular flexibility index (Phi) is 4.67. The van der Waals surface area contributed by atoms with E-state index in [0.29, 0.717) is 0 Å². The maximum atomic E-state index is 12.1. The van der Waals surface area contributed by atoms with E-state index in [4.69, 9.17) is 0 Å². The first-order valence-electron chi connectivity index (χ1n) is 5.07. The summed E-state index contributed by atoms with van der Waals surface area (Å²) in [5.41, 5.74) is 1.10.